The summed E-state index contributed by atoms with van der Waals surface area (Å²) in [6.45, 7) is 0.0724. The third-order valence-electron chi connectivity index (χ3n) is 5.42. The Balaban J connectivity index is 1.81. The molecule has 0 aromatic heterocycles. The van der Waals surface area contributed by atoms with Crippen molar-refractivity contribution in [2.45, 2.75) is 37.8 Å². The number of aldehydes is 1. The predicted molar refractivity (Wildman–Crippen MR) is 114 cm³/mol. The van der Waals surface area contributed by atoms with Crippen LogP contribution in [0.15, 0.2) is 24.3 Å². The minimum atomic E-state index is -1.29. The van der Waals surface area contributed by atoms with Crippen LogP contribution in [0.5, 0.6) is 5.75 Å². The van der Waals surface area contributed by atoms with Crippen molar-refractivity contribution < 1.29 is 38.6 Å². The summed E-state index contributed by atoms with van der Waals surface area (Å²) in [6.07, 6.45) is 0.168. The number of carbonyl (C=O) groups is 6. The number of hydrazine groups is 2. The molecule has 2 aliphatic heterocycles. The summed E-state index contributed by atoms with van der Waals surface area (Å²) in [5.74, 6) is -2.65. The summed E-state index contributed by atoms with van der Waals surface area (Å²) in [4.78, 5) is 73.7. The van der Waals surface area contributed by atoms with Gasteiger partial charge >= 0.3 is 12.0 Å². The topological polar surface area (TPSA) is 166 Å². The van der Waals surface area contributed by atoms with Gasteiger partial charge in [0.2, 0.25) is 11.8 Å². The summed E-state index contributed by atoms with van der Waals surface area (Å²) in [5.41, 5.74) is 2.69. The van der Waals surface area contributed by atoms with Gasteiger partial charge in [-0.15, -0.1) is 0 Å². The van der Waals surface area contributed by atoms with Crippen molar-refractivity contribution in [3.8, 4) is 5.75 Å². The number of amides is 5. The number of urea groups is 1. The maximum atomic E-state index is 13.3. The quantitative estimate of drug-likeness (QED) is 0.425. The fraction of sp³-hybridized carbons (Fsp3) is 0.429. The molecule has 182 valence electrons. The number of carbonyl (C=O) groups excluding carboxylic acids is 5. The number of benzene rings is 1. The average Bonchev–Trinajstić information content (AvgIpc) is 2.95. The molecule has 2 fully saturated rings. The third-order valence-corrected chi connectivity index (χ3v) is 5.42. The molecule has 0 aliphatic carbocycles. The molecule has 0 radical (unpaired) electrons. The van der Waals surface area contributed by atoms with Gasteiger partial charge in [0.1, 0.15) is 18.1 Å². The Morgan fingerprint density at radius 1 is 1.26 bits per heavy atom. The first-order valence-electron chi connectivity index (χ1n) is 10.6. The van der Waals surface area contributed by atoms with Crippen molar-refractivity contribution >= 4 is 36.0 Å². The third kappa shape index (κ3) is 5.42. The zero-order valence-electron chi connectivity index (χ0n) is 18.4. The van der Waals surface area contributed by atoms with E-state index in [1.165, 1.54) is 19.2 Å². The van der Waals surface area contributed by atoms with E-state index in [-0.39, 0.29) is 31.5 Å². The molecular formula is C21H25N5O8. The van der Waals surface area contributed by atoms with Crippen LogP contribution in [0.25, 0.3) is 0 Å². The van der Waals surface area contributed by atoms with Gasteiger partial charge in [0.15, 0.2) is 0 Å². The number of ether oxygens (including phenoxy) is 1. The number of hydrogen-bond acceptors (Lipinski definition) is 7. The lowest BCUT2D eigenvalue weighted by Gasteiger charge is -2.42. The smallest absolute Gasteiger partial charge is 0.358 e. The number of aliphatic carboxylic acids is 1. The summed E-state index contributed by atoms with van der Waals surface area (Å²) >= 11 is 0. The van der Waals surface area contributed by atoms with Crippen LogP contribution in [0.1, 0.15) is 36.0 Å². The summed E-state index contributed by atoms with van der Waals surface area (Å²) in [6, 6.07) is 3.00. The molecule has 13 nitrogen and oxygen atoms in total. The van der Waals surface area contributed by atoms with E-state index in [2.05, 4.69) is 10.7 Å². The van der Waals surface area contributed by atoms with Gasteiger partial charge in [-0.05, 0) is 31.0 Å². The van der Waals surface area contributed by atoms with E-state index in [4.69, 9.17) is 9.84 Å². The van der Waals surface area contributed by atoms with Crippen LogP contribution in [-0.4, -0.2) is 88.4 Å². The standard InChI is InChI=1S/C21H25N5O8/c1-34-15-5-2-4-13(10-15)19(31)23-24-9-7-17(28)25-8-3-6-16(26(25)21(24)33)20(32)22-14(12-27)11-18(29)30/h2,4-5,10,12,14,16H,3,6-9,11H2,1H3,(H,22,32)(H,23,31)(H,29,30). The van der Waals surface area contributed by atoms with Crippen molar-refractivity contribution in [2.75, 3.05) is 20.2 Å². The highest BCUT2D eigenvalue weighted by Crippen LogP contribution is 2.24. The van der Waals surface area contributed by atoms with E-state index in [1.54, 1.807) is 12.1 Å². The van der Waals surface area contributed by atoms with Crippen LogP contribution in [0.3, 0.4) is 0 Å². The molecule has 3 rings (SSSR count). The Bertz CT molecular complexity index is 999. The normalized spacial score (nSPS) is 19.0. The second-order valence-electron chi connectivity index (χ2n) is 7.73. The lowest BCUT2D eigenvalue weighted by Crippen LogP contribution is -2.64. The van der Waals surface area contributed by atoms with E-state index in [0.717, 1.165) is 15.0 Å². The summed E-state index contributed by atoms with van der Waals surface area (Å²) in [7, 11) is 1.45. The SMILES string of the molecule is COc1cccc(C(=O)NN2CCC(=O)N3CCCC(C(=O)NC(C=O)CC(=O)O)N3C2=O)c1. The molecule has 13 heteroatoms. The van der Waals surface area contributed by atoms with Crippen LogP contribution in [-0.2, 0) is 19.2 Å². The molecule has 1 aromatic rings. The molecule has 2 aliphatic rings. The predicted octanol–water partition coefficient (Wildman–Crippen LogP) is -0.468. The summed E-state index contributed by atoms with van der Waals surface area (Å²) in [5, 5.41) is 14.3. The van der Waals surface area contributed by atoms with Crippen molar-refractivity contribution in [3.05, 3.63) is 29.8 Å². The molecule has 34 heavy (non-hydrogen) atoms. The van der Waals surface area contributed by atoms with Gasteiger partial charge in [-0.2, -0.15) is 0 Å². The van der Waals surface area contributed by atoms with Gasteiger partial charge in [-0.25, -0.2) is 19.8 Å². The van der Waals surface area contributed by atoms with E-state index < -0.39 is 48.2 Å². The Labute approximate surface area is 194 Å². The van der Waals surface area contributed by atoms with Crippen molar-refractivity contribution in [1.82, 2.24) is 25.8 Å². The van der Waals surface area contributed by atoms with Gasteiger partial charge in [-0.1, -0.05) is 6.07 Å². The minimum absolute atomic E-state index is 0.0923. The molecule has 0 bridgehead atoms. The second kappa shape index (κ2) is 10.6. The first-order chi connectivity index (χ1) is 16.2. The number of nitrogens with one attached hydrogen (secondary N) is 2. The van der Waals surface area contributed by atoms with Gasteiger partial charge in [0.05, 0.1) is 26.1 Å². The van der Waals surface area contributed by atoms with E-state index in [0.29, 0.717) is 18.5 Å². The largest absolute Gasteiger partial charge is 0.497 e. The monoisotopic (exact) mass is 475 g/mol. The number of methoxy groups -OCH3 is 1. The molecule has 2 heterocycles. The number of carboxylic acids is 1. The molecule has 5 amide bonds. The average molecular weight is 475 g/mol. The molecule has 1 aromatic carbocycles. The van der Waals surface area contributed by atoms with E-state index >= 15 is 0 Å². The van der Waals surface area contributed by atoms with Crippen LogP contribution in [0, 0.1) is 0 Å². The highest BCUT2D eigenvalue weighted by molar-refractivity contribution is 5.97. The number of carboxylic acid groups (broad SMARTS) is 1. The molecular weight excluding hydrogens is 450 g/mol. The Morgan fingerprint density at radius 2 is 2.03 bits per heavy atom. The molecule has 3 N–H and O–H groups in total. The summed E-state index contributed by atoms with van der Waals surface area (Å²) < 4.78 is 5.10. The van der Waals surface area contributed by atoms with Gasteiger partial charge in [0.25, 0.3) is 5.91 Å². The fourth-order valence-electron chi connectivity index (χ4n) is 3.77. The maximum absolute atomic E-state index is 13.3. The number of rotatable bonds is 8. The molecule has 2 unspecified atom stereocenters. The molecule has 0 spiro atoms. The fourth-order valence-corrected chi connectivity index (χ4v) is 3.77. The lowest BCUT2D eigenvalue weighted by atomic mass is 10.1. The Kier molecular flexibility index (Phi) is 7.66. The Hall–Kier alpha value is -4.16. The zero-order chi connectivity index (χ0) is 24.8. The first kappa shape index (κ1) is 24.5. The highest BCUT2D eigenvalue weighted by Gasteiger charge is 2.44. The van der Waals surface area contributed by atoms with Crippen LogP contribution >= 0.6 is 0 Å². The zero-order valence-corrected chi connectivity index (χ0v) is 18.4. The number of nitrogens with zero attached hydrogens (tertiary/aromatic N) is 3. The lowest BCUT2D eigenvalue weighted by molar-refractivity contribution is -0.155. The van der Waals surface area contributed by atoms with E-state index in [9.17, 15) is 28.8 Å². The maximum Gasteiger partial charge on any atom is 0.358 e. The van der Waals surface area contributed by atoms with Crippen LogP contribution in [0.2, 0.25) is 0 Å². The van der Waals surface area contributed by atoms with Crippen LogP contribution < -0.4 is 15.5 Å². The van der Waals surface area contributed by atoms with Gasteiger partial charge in [0, 0.05) is 18.5 Å². The molecule has 2 atom stereocenters. The second-order valence-corrected chi connectivity index (χ2v) is 7.73. The van der Waals surface area contributed by atoms with Crippen molar-refractivity contribution in [1.29, 1.82) is 0 Å². The van der Waals surface area contributed by atoms with Gasteiger partial charge < -0.3 is 20.0 Å². The van der Waals surface area contributed by atoms with E-state index in [1.807, 2.05) is 0 Å². The van der Waals surface area contributed by atoms with Gasteiger partial charge in [-0.3, -0.25) is 24.6 Å². The highest BCUT2D eigenvalue weighted by atomic mass is 16.5. The van der Waals surface area contributed by atoms with Crippen molar-refractivity contribution in [2.24, 2.45) is 0 Å². The number of hydrogen-bond donors (Lipinski definition) is 3. The number of fused-ring (bicyclic) bond motifs is 1. The molecule has 2 saturated heterocycles. The molecule has 0 saturated carbocycles. The minimum Gasteiger partial charge on any atom is -0.497 e. The Morgan fingerprint density at radius 3 is 2.71 bits per heavy atom. The first-order valence-corrected chi connectivity index (χ1v) is 10.6. The van der Waals surface area contributed by atoms with Crippen molar-refractivity contribution in [3.63, 3.8) is 0 Å². The van der Waals surface area contributed by atoms with Crippen LogP contribution in [0.4, 0.5) is 4.79 Å².